The van der Waals surface area contributed by atoms with Gasteiger partial charge in [-0.1, -0.05) is 41.6 Å². The summed E-state index contributed by atoms with van der Waals surface area (Å²) in [5.41, 5.74) is 8.01. The largest absolute Gasteiger partial charge is 0.390 e. The highest BCUT2D eigenvalue weighted by molar-refractivity contribution is 5.97. The molecule has 0 saturated carbocycles. The first-order chi connectivity index (χ1) is 12.3. The minimum atomic E-state index is 0.369. The lowest BCUT2D eigenvalue weighted by atomic mass is 10.1. The maximum Gasteiger partial charge on any atom is 0.170 e. The van der Waals surface area contributed by atoms with Crippen molar-refractivity contribution in [1.82, 2.24) is 4.98 Å². The quantitative estimate of drug-likeness (QED) is 0.380. The van der Waals surface area contributed by atoms with E-state index in [-0.39, 0.29) is 0 Å². The topological polar surface area (TPSA) is 63.7 Å². The van der Waals surface area contributed by atoms with Crippen LogP contribution >= 0.6 is 0 Å². The number of hydrogen-bond donors (Lipinski definition) is 1. The van der Waals surface area contributed by atoms with Crippen LogP contribution in [0.1, 0.15) is 30.4 Å². The van der Waals surface area contributed by atoms with Gasteiger partial charge in [-0.05, 0) is 43.0 Å². The number of nitrogens with zero attached hydrogens (tertiary/aromatic N) is 3. The van der Waals surface area contributed by atoms with Gasteiger partial charge in [-0.25, -0.2) is 4.98 Å². The molecule has 25 heavy (non-hydrogen) atoms. The molecule has 3 rings (SSSR count). The van der Waals surface area contributed by atoms with Crippen LogP contribution in [0.2, 0.25) is 0 Å². The van der Waals surface area contributed by atoms with Crippen molar-refractivity contribution in [3.63, 3.8) is 0 Å². The number of oxime groups is 1. The normalized spacial score (nSPS) is 15.5. The van der Waals surface area contributed by atoms with E-state index < -0.39 is 0 Å². The van der Waals surface area contributed by atoms with Crippen molar-refractivity contribution in [2.24, 2.45) is 10.9 Å². The Labute approximate surface area is 148 Å². The summed E-state index contributed by atoms with van der Waals surface area (Å²) < 4.78 is 0. The average Bonchev–Trinajstić information content (AvgIpc) is 2.69. The number of nitrogens with two attached hydrogens (primary N) is 1. The number of anilines is 1. The van der Waals surface area contributed by atoms with Crippen molar-refractivity contribution in [2.75, 3.05) is 24.6 Å². The summed E-state index contributed by atoms with van der Waals surface area (Å²) in [6, 6.07) is 13.9. The highest BCUT2D eigenvalue weighted by Crippen LogP contribution is 2.18. The van der Waals surface area contributed by atoms with Crippen LogP contribution in [0.25, 0.3) is 6.08 Å². The number of piperidine rings is 1. The summed E-state index contributed by atoms with van der Waals surface area (Å²) in [5, 5.41) is 4.01. The summed E-state index contributed by atoms with van der Waals surface area (Å²) >= 11 is 0. The van der Waals surface area contributed by atoms with E-state index in [1.807, 2.05) is 54.6 Å². The predicted molar refractivity (Wildman–Crippen MR) is 102 cm³/mol. The van der Waals surface area contributed by atoms with Gasteiger partial charge in [0.05, 0.1) is 0 Å². The van der Waals surface area contributed by atoms with Gasteiger partial charge in [-0.2, -0.15) is 0 Å². The molecule has 130 valence electrons. The molecule has 1 aromatic heterocycles. The fraction of sp³-hybridized carbons (Fsp3) is 0.300. The number of pyridine rings is 1. The molecule has 1 fully saturated rings. The van der Waals surface area contributed by atoms with Crippen LogP contribution in [-0.4, -0.2) is 30.5 Å². The molecule has 2 N–H and O–H groups in total. The van der Waals surface area contributed by atoms with Crippen LogP contribution < -0.4 is 10.6 Å². The second-order valence-corrected chi connectivity index (χ2v) is 6.04. The van der Waals surface area contributed by atoms with E-state index in [4.69, 9.17) is 10.6 Å². The molecule has 0 amide bonds. The molecule has 2 aromatic rings. The van der Waals surface area contributed by atoms with E-state index in [1.165, 1.54) is 19.3 Å². The zero-order valence-corrected chi connectivity index (χ0v) is 14.3. The van der Waals surface area contributed by atoms with Crippen LogP contribution in [-0.2, 0) is 4.84 Å². The monoisotopic (exact) mass is 336 g/mol. The number of benzene rings is 1. The Morgan fingerprint density at radius 1 is 1.16 bits per heavy atom. The molecule has 1 saturated heterocycles. The maximum atomic E-state index is 6.04. The summed E-state index contributed by atoms with van der Waals surface area (Å²) in [6.07, 6.45) is 9.41. The smallest absolute Gasteiger partial charge is 0.170 e. The van der Waals surface area contributed by atoms with Crippen LogP contribution in [0.15, 0.2) is 59.9 Å². The van der Waals surface area contributed by atoms with Gasteiger partial charge in [0.15, 0.2) is 5.84 Å². The summed E-state index contributed by atoms with van der Waals surface area (Å²) in [5.74, 6) is 1.33. The van der Waals surface area contributed by atoms with Gasteiger partial charge in [0, 0.05) is 24.8 Å². The highest BCUT2D eigenvalue weighted by atomic mass is 16.6. The molecule has 5 nitrogen and oxygen atoms in total. The van der Waals surface area contributed by atoms with Crippen molar-refractivity contribution in [3.05, 3.63) is 65.9 Å². The SMILES string of the molecule is N/C(=N\OC/C=C\c1ccccc1)c1ccnc(N2CCCCC2)c1. The fourth-order valence-corrected chi connectivity index (χ4v) is 2.82. The molecule has 1 aliphatic heterocycles. The molecule has 1 aliphatic rings. The van der Waals surface area contributed by atoms with E-state index in [2.05, 4.69) is 15.0 Å². The second kappa shape index (κ2) is 8.87. The molecular formula is C20H24N4O. The zero-order chi connectivity index (χ0) is 17.3. The minimum absolute atomic E-state index is 0.369. The molecule has 0 atom stereocenters. The van der Waals surface area contributed by atoms with Crippen molar-refractivity contribution >= 4 is 17.7 Å². The predicted octanol–water partition coefficient (Wildman–Crippen LogP) is 3.42. The zero-order valence-electron chi connectivity index (χ0n) is 14.3. The van der Waals surface area contributed by atoms with Gasteiger partial charge in [0.2, 0.25) is 0 Å². The van der Waals surface area contributed by atoms with Crippen molar-refractivity contribution in [3.8, 4) is 0 Å². The fourth-order valence-electron chi connectivity index (χ4n) is 2.82. The van der Waals surface area contributed by atoms with Crippen LogP contribution in [0.4, 0.5) is 5.82 Å². The van der Waals surface area contributed by atoms with E-state index >= 15 is 0 Å². The van der Waals surface area contributed by atoms with Crippen molar-refractivity contribution in [1.29, 1.82) is 0 Å². The van der Waals surface area contributed by atoms with Gasteiger partial charge in [0.1, 0.15) is 12.4 Å². The van der Waals surface area contributed by atoms with Gasteiger partial charge < -0.3 is 15.5 Å². The molecule has 0 spiro atoms. The van der Waals surface area contributed by atoms with E-state index in [0.717, 1.165) is 30.0 Å². The van der Waals surface area contributed by atoms with Gasteiger partial charge in [0.25, 0.3) is 0 Å². The third-order valence-electron chi connectivity index (χ3n) is 4.16. The maximum absolute atomic E-state index is 6.04. The molecule has 0 aliphatic carbocycles. The first kappa shape index (κ1) is 17.0. The summed E-state index contributed by atoms with van der Waals surface area (Å²) in [6.45, 7) is 2.47. The van der Waals surface area contributed by atoms with Crippen LogP contribution in [0, 0.1) is 0 Å². The Balaban J connectivity index is 1.55. The molecule has 0 unspecified atom stereocenters. The lowest BCUT2D eigenvalue weighted by Crippen LogP contribution is -2.30. The molecule has 1 aromatic carbocycles. The third kappa shape index (κ3) is 5.08. The van der Waals surface area contributed by atoms with Gasteiger partial charge in [-0.15, -0.1) is 0 Å². The molecule has 2 heterocycles. The van der Waals surface area contributed by atoms with Crippen molar-refractivity contribution < 1.29 is 4.84 Å². The first-order valence-electron chi connectivity index (χ1n) is 8.71. The van der Waals surface area contributed by atoms with Gasteiger partial charge in [-0.3, -0.25) is 0 Å². The Morgan fingerprint density at radius 3 is 2.76 bits per heavy atom. The highest BCUT2D eigenvalue weighted by Gasteiger charge is 2.13. The lowest BCUT2D eigenvalue weighted by Gasteiger charge is -2.27. The number of amidine groups is 1. The van der Waals surface area contributed by atoms with E-state index in [9.17, 15) is 0 Å². The molecule has 0 bridgehead atoms. The van der Waals surface area contributed by atoms with Crippen LogP contribution in [0.3, 0.4) is 0 Å². The van der Waals surface area contributed by atoms with E-state index in [1.54, 1.807) is 6.20 Å². The Morgan fingerprint density at radius 2 is 1.96 bits per heavy atom. The van der Waals surface area contributed by atoms with Crippen LogP contribution in [0.5, 0.6) is 0 Å². The van der Waals surface area contributed by atoms with E-state index in [0.29, 0.717) is 12.4 Å². The van der Waals surface area contributed by atoms with Crippen molar-refractivity contribution in [2.45, 2.75) is 19.3 Å². The molecule has 5 heteroatoms. The number of rotatable bonds is 6. The molecule has 0 radical (unpaired) electrons. The first-order valence-corrected chi connectivity index (χ1v) is 8.71. The average molecular weight is 336 g/mol. The minimum Gasteiger partial charge on any atom is -0.390 e. The van der Waals surface area contributed by atoms with Gasteiger partial charge >= 0.3 is 0 Å². The number of aromatic nitrogens is 1. The Kier molecular flexibility index (Phi) is 6.04. The summed E-state index contributed by atoms with van der Waals surface area (Å²) in [7, 11) is 0. The Hall–Kier alpha value is -2.82. The second-order valence-electron chi connectivity index (χ2n) is 6.04. The lowest BCUT2D eigenvalue weighted by molar-refractivity contribution is 0.175. The third-order valence-corrected chi connectivity index (χ3v) is 4.16. The standard InChI is InChI=1S/C20H24N4O/c21-20(23-25-15-7-10-17-8-3-1-4-9-17)18-11-12-22-19(16-18)24-13-5-2-6-14-24/h1,3-4,7-12,16H,2,5-6,13-15H2,(H2,21,23)/b10-7-. The number of hydrogen-bond acceptors (Lipinski definition) is 4. The Bertz CT molecular complexity index is 721. The summed E-state index contributed by atoms with van der Waals surface area (Å²) in [4.78, 5) is 12.0. The molecular weight excluding hydrogens is 312 g/mol.